The maximum atomic E-state index is 12.0. The van der Waals surface area contributed by atoms with Crippen LogP contribution in [0.1, 0.15) is 41.1 Å². The zero-order valence-corrected chi connectivity index (χ0v) is 26.5. The molecule has 1 aromatic heterocycles. The quantitative estimate of drug-likeness (QED) is 0.114. The number of amides is 1. The van der Waals surface area contributed by atoms with Crippen LogP contribution < -0.4 is 5.32 Å². The molecule has 6 rings (SSSR count). The van der Waals surface area contributed by atoms with Crippen LogP contribution in [0.15, 0.2) is 121 Å². The summed E-state index contributed by atoms with van der Waals surface area (Å²) in [5, 5.41) is 25.4. The maximum Gasteiger partial charge on any atom is 0.407 e. The fraction of sp³-hybridized carbons (Fsp3) is 0.222. The number of aliphatic hydroxyl groups excluding tert-OH is 1. The molecule has 3 atom stereocenters. The van der Waals surface area contributed by atoms with Crippen molar-refractivity contribution in [2.75, 3.05) is 12.4 Å². The van der Waals surface area contributed by atoms with Gasteiger partial charge in [0.15, 0.2) is 6.29 Å². The third kappa shape index (κ3) is 8.13. The van der Waals surface area contributed by atoms with Gasteiger partial charge in [-0.15, -0.1) is 5.10 Å². The third-order valence-corrected chi connectivity index (χ3v) is 8.77. The molecular weight excluding hydrogens is 614 g/mol. The van der Waals surface area contributed by atoms with Crippen molar-refractivity contribution in [3.8, 4) is 16.8 Å². The van der Waals surface area contributed by atoms with Crippen LogP contribution in [0, 0.1) is 0 Å². The van der Waals surface area contributed by atoms with Crippen LogP contribution in [-0.4, -0.2) is 49.9 Å². The van der Waals surface area contributed by atoms with Crippen molar-refractivity contribution in [2.45, 2.75) is 43.2 Å². The van der Waals surface area contributed by atoms with Crippen molar-refractivity contribution < 1.29 is 24.1 Å². The summed E-state index contributed by atoms with van der Waals surface area (Å²) in [5.74, 6) is 0.617. The molecule has 0 radical (unpaired) electrons. The normalized spacial score (nSPS) is 17.6. The van der Waals surface area contributed by atoms with Crippen LogP contribution in [0.5, 0.6) is 0 Å². The molecule has 5 aromatic rings. The number of tetrazole rings is 1. The highest BCUT2D eigenvalue weighted by Gasteiger charge is 2.32. The molecule has 2 heterocycles. The Morgan fingerprint density at radius 1 is 0.979 bits per heavy atom. The molecule has 0 saturated carbocycles. The molecule has 11 heteroatoms. The highest BCUT2D eigenvalue weighted by atomic mass is 32.2. The average Bonchev–Trinajstić information content (AvgIpc) is 3.61. The van der Waals surface area contributed by atoms with E-state index in [2.05, 4.69) is 27.4 Å². The minimum atomic E-state index is -0.604. The van der Waals surface area contributed by atoms with Crippen molar-refractivity contribution in [3.05, 3.63) is 138 Å². The highest BCUT2D eigenvalue weighted by Crippen LogP contribution is 2.40. The first-order valence-electron chi connectivity index (χ1n) is 15.3. The number of carbonyl (C=O) groups excluding carboxylic acids is 1. The number of aromatic nitrogens is 4. The molecule has 1 fully saturated rings. The Balaban J connectivity index is 1.19. The molecule has 2 N–H and O–H groups in total. The first-order chi connectivity index (χ1) is 23.1. The first-order valence-corrected chi connectivity index (χ1v) is 16.3. The zero-order chi connectivity index (χ0) is 32.4. The molecule has 0 unspecified atom stereocenters. The van der Waals surface area contributed by atoms with E-state index in [4.69, 9.17) is 14.2 Å². The Kier molecular flexibility index (Phi) is 10.7. The Bertz CT molecular complexity index is 1770. The molecule has 0 spiro atoms. The van der Waals surface area contributed by atoms with E-state index in [-0.39, 0.29) is 25.4 Å². The molecule has 4 aromatic carbocycles. The van der Waals surface area contributed by atoms with Gasteiger partial charge in [0, 0.05) is 24.3 Å². The number of hydrogen-bond acceptors (Lipinski definition) is 9. The van der Waals surface area contributed by atoms with Crippen molar-refractivity contribution >= 4 is 17.9 Å². The van der Waals surface area contributed by atoms with E-state index < -0.39 is 12.4 Å². The van der Waals surface area contributed by atoms with Crippen molar-refractivity contribution in [1.82, 2.24) is 25.5 Å². The molecule has 0 bridgehead atoms. The van der Waals surface area contributed by atoms with Crippen molar-refractivity contribution in [1.29, 1.82) is 0 Å². The van der Waals surface area contributed by atoms with Gasteiger partial charge in [0.05, 0.1) is 24.5 Å². The molecule has 1 amide bonds. The highest BCUT2D eigenvalue weighted by molar-refractivity contribution is 7.99. The SMILES string of the molecule is C=CCOC(=O)NCc1ccccc1-c1ccc([C@@H]2O[C@H](CSc3nnnn3-c3ccccc3)C[C@H](c3ccc(CO)cc3)O2)cc1. The Morgan fingerprint density at radius 2 is 1.72 bits per heavy atom. The largest absolute Gasteiger partial charge is 0.445 e. The van der Waals surface area contributed by atoms with E-state index in [1.807, 2.05) is 103 Å². The molecule has 47 heavy (non-hydrogen) atoms. The molecule has 1 saturated heterocycles. The van der Waals surface area contributed by atoms with Crippen LogP contribution >= 0.6 is 11.8 Å². The second-order valence-electron chi connectivity index (χ2n) is 10.9. The summed E-state index contributed by atoms with van der Waals surface area (Å²) in [4.78, 5) is 12.0. The van der Waals surface area contributed by atoms with Gasteiger partial charge in [-0.1, -0.05) is 115 Å². The third-order valence-electron chi connectivity index (χ3n) is 7.72. The summed E-state index contributed by atoms with van der Waals surface area (Å²) in [7, 11) is 0. The molecule has 1 aliphatic rings. The minimum absolute atomic E-state index is 0.0160. The molecule has 10 nitrogen and oxygen atoms in total. The van der Waals surface area contributed by atoms with E-state index in [9.17, 15) is 9.90 Å². The predicted octanol–water partition coefficient (Wildman–Crippen LogP) is 6.57. The summed E-state index contributed by atoms with van der Waals surface area (Å²) in [6.07, 6.45) is 0.697. The molecule has 240 valence electrons. The molecule has 0 aliphatic carbocycles. The molecular formula is C36H35N5O5S. The second-order valence-corrected chi connectivity index (χ2v) is 11.9. The lowest BCUT2D eigenvalue weighted by atomic mass is 9.98. The lowest BCUT2D eigenvalue weighted by molar-refractivity contribution is -0.245. The Morgan fingerprint density at radius 3 is 2.49 bits per heavy atom. The zero-order valence-electron chi connectivity index (χ0n) is 25.6. The standard InChI is InChI=1S/C36H35N5O5S/c1-2-20-44-36(43)37-22-29-8-6-7-11-32(29)26-16-18-28(19-17-26)34-45-31(21-33(46-34)27-14-12-25(23-42)13-15-27)24-47-35-38-39-40-41(35)30-9-4-3-5-10-30/h2-19,31,33-34,42H,1,20-24H2,(H,37,43)/t31-,33+,34+/m0/s1. The summed E-state index contributed by atoms with van der Waals surface area (Å²) in [5.41, 5.74) is 6.59. The average molecular weight is 650 g/mol. The van der Waals surface area contributed by atoms with E-state index in [1.54, 1.807) is 4.68 Å². The first kappa shape index (κ1) is 32.1. The van der Waals surface area contributed by atoms with E-state index in [0.29, 0.717) is 23.9 Å². The summed E-state index contributed by atoms with van der Waals surface area (Å²) in [6, 6.07) is 33.6. The minimum Gasteiger partial charge on any atom is -0.445 e. The lowest BCUT2D eigenvalue weighted by Gasteiger charge is -2.36. The van der Waals surface area contributed by atoms with Gasteiger partial charge in [-0.25, -0.2) is 4.79 Å². The van der Waals surface area contributed by atoms with Gasteiger partial charge >= 0.3 is 6.09 Å². The number of nitrogens with one attached hydrogen (secondary N) is 1. The monoisotopic (exact) mass is 649 g/mol. The summed E-state index contributed by atoms with van der Waals surface area (Å²) < 4.78 is 19.9. The number of para-hydroxylation sites is 1. The van der Waals surface area contributed by atoms with Crippen molar-refractivity contribution in [3.63, 3.8) is 0 Å². The lowest BCUT2D eigenvalue weighted by Crippen LogP contribution is -2.31. The van der Waals surface area contributed by atoms with Gasteiger partial charge in [0.1, 0.15) is 6.61 Å². The number of ether oxygens (including phenoxy) is 3. The van der Waals surface area contributed by atoms with Crippen LogP contribution in [0.3, 0.4) is 0 Å². The Hall–Kier alpha value is -4.81. The van der Waals surface area contributed by atoms with Crippen LogP contribution in [0.4, 0.5) is 4.79 Å². The number of benzene rings is 4. The van der Waals surface area contributed by atoms with Gasteiger partial charge < -0.3 is 24.6 Å². The number of carbonyl (C=O) groups is 1. The fourth-order valence-electron chi connectivity index (χ4n) is 5.32. The predicted molar refractivity (Wildman–Crippen MR) is 179 cm³/mol. The smallest absolute Gasteiger partial charge is 0.407 e. The maximum absolute atomic E-state index is 12.0. The van der Waals surface area contributed by atoms with E-state index in [1.165, 1.54) is 17.8 Å². The number of alkyl carbamates (subject to hydrolysis) is 1. The topological polar surface area (TPSA) is 121 Å². The van der Waals surface area contributed by atoms with Crippen LogP contribution in [-0.2, 0) is 27.4 Å². The van der Waals surface area contributed by atoms with Gasteiger partial charge in [0.2, 0.25) is 5.16 Å². The van der Waals surface area contributed by atoms with Crippen molar-refractivity contribution in [2.24, 2.45) is 0 Å². The van der Waals surface area contributed by atoms with E-state index in [0.717, 1.165) is 39.1 Å². The molecule has 1 aliphatic heterocycles. The van der Waals surface area contributed by atoms with Gasteiger partial charge in [-0.2, -0.15) is 4.68 Å². The van der Waals surface area contributed by atoms with Gasteiger partial charge in [-0.3, -0.25) is 0 Å². The van der Waals surface area contributed by atoms with Crippen LogP contribution in [0.2, 0.25) is 0 Å². The van der Waals surface area contributed by atoms with Gasteiger partial charge in [-0.05, 0) is 50.4 Å². The number of nitrogens with zero attached hydrogens (tertiary/aromatic N) is 4. The number of aliphatic hydroxyl groups is 1. The number of thioether (sulfide) groups is 1. The van der Waals surface area contributed by atoms with Gasteiger partial charge in [0.25, 0.3) is 0 Å². The number of rotatable bonds is 12. The van der Waals surface area contributed by atoms with Crippen LogP contribution in [0.25, 0.3) is 16.8 Å². The second kappa shape index (κ2) is 15.7. The Labute approximate surface area is 277 Å². The summed E-state index contributed by atoms with van der Waals surface area (Å²) in [6.45, 7) is 4.03. The number of hydrogen-bond donors (Lipinski definition) is 2. The summed E-state index contributed by atoms with van der Waals surface area (Å²) >= 11 is 1.54. The fourth-order valence-corrected chi connectivity index (χ4v) is 6.23. The van der Waals surface area contributed by atoms with E-state index >= 15 is 0 Å².